The average molecular weight is 268 g/mol. The minimum atomic E-state index is 0.110. The van der Waals surface area contributed by atoms with Crippen molar-refractivity contribution >= 4 is 15.9 Å². The van der Waals surface area contributed by atoms with E-state index in [-0.39, 0.29) is 6.04 Å². The van der Waals surface area contributed by atoms with Gasteiger partial charge in [0.1, 0.15) is 0 Å². The molecule has 0 heterocycles. The van der Waals surface area contributed by atoms with Gasteiger partial charge < -0.3 is 5.73 Å². The van der Waals surface area contributed by atoms with Crippen molar-refractivity contribution in [3.63, 3.8) is 0 Å². The molecule has 2 heteroatoms. The Morgan fingerprint density at radius 2 is 2.20 bits per heavy atom. The Morgan fingerprint density at radius 1 is 1.53 bits per heavy atom. The van der Waals surface area contributed by atoms with Crippen LogP contribution in [0, 0.1) is 6.92 Å². The number of halogens is 1. The van der Waals surface area contributed by atoms with Gasteiger partial charge in [-0.15, -0.1) is 6.58 Å². The molecule has 0 bridgehead atoms. The van der Waals surface area contributed by atoms with Crippen LogP contribution in [0.1, 0.15) is 36.9 Å². The third kappa shape index (κ3) is 3.80. The van der Waals surface area contributed by atoms with E-state index in [9.17, 15) is 0 Å². The van der Waals surface area contributed by atoms with Gasteiger partial charge in [0.25, 0.3) is 0 Å². The Hall–Kier alpha value is -0.600. The molecule has 1 atom stereocenters. The minimum absolute atomic E-state index is 0.110. The third-order valence-electron chi connectivity index (χ3n) is 2.52. The lowest BCUT2D eigenvalue weighted by molar-refractivity contribution is 0.645. The van der Waals surface area contributed by atoms with Crippen LogP contribution < -0.4 is 5.73 Å². The van der Waals surface area contributed by atoms with Gasteiger partial charge in [0, 0.05) is 10.5 Å². The largest absolute Gasteiger partial charge is 0.324 e. The zero-order valence-corrected chi connectivity index (χ0v) is 11.0. The maximum Gasteiger partial charge on any atom is 0.0300 e. The molecule has 1 aromatic rings. The van der Waals surface area contributed by atoms with Crippen LogP contribution in [0.5, 0.6) is 0 Å². The van der Waals surface area contributed by atoms with E-state index in [2.05, 4.69) is 41.6 Å². The van der Waals surface area contributed by atoms with Gasteiger partial charge in [-0.2, -0.15) is 0 Å². The second kappa shape index (κ2) is 5.47. The van der Waals surface area contributed by atoms with E-state index in [4.69, 9.17) is 5.73 Å². The molecule has 1 aromatic carbocycles. The van der Waals surface area contributed by atoms with Gasteiger partial charge >= 0.3 is 0 Å². The number of benzene rings is 1. The van der Waals surface area contributed by atoms with E-state index in [0.717, 1.165) is 17.3 Å². The standard InChI is InChI=1S/C13H18BrN/c1-9(2)4-7-13(15)12-8-11(14)6-5-10(12)3/h5-6,8,13H,1,4,7,15H2,2-3H3. The highest BCUT2D eigenvalue weighted by Crippen LogP contribution is 2.24. The van der Waals surface area contributed by atoms with Crippen molar-refractivity contribution in [2.75, 3.05) is 0 Å². The third-order valence-corrected chi connectivity index (χ3v) is 3.02. The molecular weight excluding hydrogens is 250 g/mol. The molecule has 0 spiro atoms. The first kappa shape index (κ1) is 12.5. The Kier molecular flexibility index (Phi) is 4.55. The summed E-state index contributed by atoms with van der Waals surface area (Å²) >= 11 is 3.47. The van der Waals surface area contributed by atoms with Crippen LogP contribution in [0.3, 0.4) is 0 Å². The zero-order valence-electron chi connectivity index (χ0n) is 9.39. The molecule has 82 valence electrons. The summed E-state index contributed by atoms with van der Waals surface area (Å²) in [5.74, 6) is 0. The van der Waals surface area contributed by atoms with Crippen LogP contribution in [0.4, 0.5) is 0 Å². The van der Waals surface area contributed by atoms with E-state index in [1.54, 1.807) is 0 Å². The van der Waals surface area contributed by atoms with Crippen molar-refractivity contribution in [1.82, 2.24) is 0 Å². The SMILES string of the molecule is C=C(C)CCC(N)c1cc(Br)ccc1C. The van der Waals surface area contributed by atoms with Crippen LogP contribution in [-0.2, 0) is 0 Å². The van der Waals surface area contributed by atoms with Gasteiger partial charge in [0.2, 0.25) is 0 Å². The van der Waals surface area contributed by atoms with E-state index >= 15 is 0 Å². The molecule has 0 radical (unpaired) electrons. The summed E-state index contributed by atoms with van der Waals surface area (Å²) in [6.45, 7) is 8.04. The molecule has 0 amide bonds. The smallest absolute Gasteiger partial charge is 0.0300 e. The van der Waals surface area contributed by atoms with Gasteiger partial charge in [-0.05, 0) is 49.9 Å². The molecule has 0 fully saturated rings. The molecule has 2 N–H and O–H groups in total. The van der Waals surface area contributed by atoms with Crippen LogP contribution in [0.15, 0.2) is 34.8 Å². The molecule has 0 saturated heterocycles. The highest BCUT2D eigenvalue weighted by atomic mass is 79.9. The Morgan fingerprint density at radius 3 is 2.80 bits per heavy atom. The fourth-order valence-corrected chi connectivity index (χ4v) is 1.95. The van der Waals surface area contributed by atoms with Crippen molar-refractivity contribution in [3.8, 4) is 0 Å². The van der Waals surface area contributed by atoms with Crippen LogP contribution in [-0.4, -0.2) is 0 Å². The van der Waals surface area contributed by atoms with Crippen molar-refractivity contribution in [3.05, 3.63) is 46.0 Å². The lowest BCUT2D eigenvalue weighted by Crippen LogP contribution is -2.11. The normalized spacial score (nSPS) is 12.5. The Bertz CT molecular complexity index is 358. The predicted octanol–water partition coefficient (Wildman–Crippen LogP) is 4.11. The molecule has 0 aliphatic carbocycles. The lowest BCUT2D eigenvalue weighted by Gasteiger charge is -2.15. The van der Waals surface area contributed by atoms with E-state index in [1.165, 1.54) is 16.7 Å². The van der Waals surface area contributed by atoms with E-state index in [0.29, 0.717) is 0 Å². The van der Waals surface area contributed by atoms with Gasteiger partial charge in [-0.1, -0.05) is 27.6 Å². The van der Waals surface area contributed by atoms with Crippen molar-refractivity contribution in [1.29, 1.82) is 0 Å². The van der Waals surface area contributed by atoms with Gasteiger partial charge in [-0.3, -0.25) is 0 Å². The number of hydrogen-bond acceptors (Lipinski definition) is 1. The highest BCUT2D eigenvalue weighted by Gasteiger charge is 2.09. The summed E-state index contributed by atoms with van der Waals surface area (Å²) in [6.07, 6.45) is 1.96. The van der Waals surface area contributed by atoms with Gasteiger partial charge in [0.15, 0.2) is 0 Å². The number of hydrogen-bond donors (Lipinski definition) is 1. The quantitative estimate of drug-likeness (QED) is 0.817. The molecule has 15 heavy (non-hydrogen) atoms. The van der Waals surface area contributed by atoms with E-state index in [1.807, 2.05) is 13.0 Å². The zero-order chi connectivity index (χ0) is 11.4. The second-order valence-electron chi connectivity index (χ2n) is 4.10. The molecular formula is C13H18BrN. The van der Waals surface area contributed by atoms with Crippen LogP contribution in [0.25, 0.3) is 0 Å². The molecule has 1 nitrogen and oxygen atoms in total. The minimum Gasteiger partial charge on any atom is -0.324 e. The maximum atomic E-state index is 6.15. The Balaban J connectivity index is 2.76. The predicted molar refractivity (Wildman–Crippen MR) is 69.9 cm³/mol. The monoisotopic (exact) mass is 267 g/mol. The average Bonchev–Trinajstić information content (AvgIpc) is 2.18. The fraction of sp³-hybridized carbons (Fsp3) is 0.385. The fourth-order valence-electron chi connectivity index (χ4n) is 1.57. The molecule has 0 saturated carbocycles. The summed E-state index contributed by atoms with van der Waals surface area (Å²) in [5, 5.41) is 0. The highest BCUT2D eigenvalue weighted by molar-refractivity contribution is 9.10. The Labute approximate surface area is 101 Å². The van der Waals surface area contributed by atoms with Crippen LogP contribution >= 0.6 is 15.9 Å². The topological polar surface area (TPSA) is 26.0 Å². The number of aryl methyl sites for hydroxylation is 1. The first-order valence-electron chi connectivity index (χ1n) is 5.16. The molecule has 1 rings (SSSR count). The van der Waals surface area contributed by atoms with Crippen molar-refractivity contribution in [2.45, 2.75) is 32.7 Å². The second-order valence-corrected chi connectivity index (χ2v) is 5.02. The molecule has 0 aliphatic heterocycles. The van der Waals surface area contributed by atoms with Crippen molar-refractivity contribution < 1.29 is 0 Å². The van der Waals surface area contributed by atoms with Gasteiger partial charge in [0.05, 0.1) is 0 Å². The maximum absolute atomic E-state index is 6.15. The van der Waals surface area contributed by atoms with E-state index < -0.39 is 0 Å². The molecule has 0 aliphatic rings. The van der Waals surface area contributed by atoms with Crippen molar-refractivity contribution in [2.24, 2.45) is 5.73 Å². The number of rotatable bonds is 4. The summed E-state index contributed by atoms with van der Waals surface area (Å²) < 4.78 is 1.09. The first-order valence-corrected chi connectivity index (χ1v) is 5.96. The number of allylic oxidation sites excluding steroid dienone is 1. The number of nitrogens with two attached hydrogens (primary N) is 1. The summed E-state index contributed by atoms with van der Waals surface area (Å²) in [4.78, 5) is 0. The first-order chi connectivity index (χ1) is 7.00. The molecule has 1 unspecified atom stereocenters. The summed E-state index contributed by atoms with van der Waals surface area (Å²) in [5.41, 5.74) is 9.83. The molecule has 0 aromatic heterocycles. The van der Waals surface area contributed by atoms with Crippen LogP contribution in [0.2, 0.25) is 0 Å². The summed E-state index contributed by atoms with van der Waals surface area (Å²) in [7, 11) is 0. The van der Waals surface area contributed by atoms with Gasteiger partial charge in [-0.25, -0.2) is 0 Å². The lowest BCUT2D eigenvalue weighted by atomic mass is 9.97. The summed E-state index contributed by atoms with van der Waals surface area (Å²) in [6, 6.07) is 6.36.